The van der Waals surface area contributed by atoms with E-state index in [0.717, 1.165) is 38.1 Å². The smallest absolute Gasteiger partial charge is 0.417 e. The molecule has 0 amide bonds. The van der Waals surface area contributed by atoms with E-state index in [1.54, 1.807) is 0 Å². The van der Waals surface area contributed by atoms with Crippen molar-refractivity contribution in [3.05, 3.63) is 102 Å². The first-order valence-electron chi connectivity index (χ1n) is 13.1. The summed E-state index contributed by atoms with van der Waals surface area (Å²) in [6.07, 6.45) is -2.16. The summed E-state index contributed by atoms with van der Waals surface area (Å²) >= 11 is 0. The lowest BCUT2D eigenvalue weighted by Crippen LogP contribution is -2.37. The lowest BCUT2D eigenvalue weighted by Gasteiger charge is -2.37. The molecule has 0 saturated carbocycles. The highest BCUT2D eigenvalue weighted by atomic mass is 19.4. The van der Waals surface area contributed by atoms with Gasteiger partial charge < -0.3 is 14.4 Å². The van der Waals surface area contributed by atoms with E-state index in [1.165, 1.54) is 28.5 Å². The number of para-hydroxylation sites is 2. The highest BCUT2D eigenvalue weighted by molar-refractivity contribution is 5.93. The summed E-state index contributed by atoms with van der Waals surface area (Å²) in [5.41, 5.74) is 1.03. The largest absolute Gasteiger partial charge is 0.486 e. The van der Waals surface area contributed by atoms with Gasteiger partial charge in [0.1, 0.15) is 11.9 Å². The van der Waals surface area contributed by atoms with Crippen LogP contribution in [0.4, 0.5) is 24.5 Å². The molecule has 0 N–H and O–H groups in total. The van der Waals surface area contributed by atoms with Crippen LogP contribution < -0.4 is 9.64 Å². The van der Waals surface area contributed by atoms with Crippen molar-refractivity contribution >= 4 is 28.1 Å². The molecule has 39 heavy (non-hydrogen) atoms. The summed E-state index contributed by atoms with van der Waals surface area (Å²) in [5, 5.41) is 2.50. The van der Waals surface area contributed by atoms with Crippen LogP contribution in [0.5, 0.6) is 5.75 Å². The number of carbonyl (C=O) groups excluding carboxylic acids is 1. The summed E-state index contributed by atoms with van der Waals surface area (Å²) in [5.74, 6) is 0.000619. The van der Waals surface area contributed by atoms with Gasteiger partial charge in [0.15, 0.2) is 0 Å². The zero-order valence-corrected chi connectivity index (χ0v) is 21.9. The summed E-state index contributed by atoms with van der Waals surface area (Å²) in [4.78, 5) is 14.2. The van der Waals surface area contributed by atoms with Crippen molar-refractivity contribution in [1.82, 2.24) is 0 Å². The topological polar surface area (TPSA) is 38.8 Å². The first-order chi connectivity index (χ1) is 18.8. The molecule has 4 aromatic carbocycles. The van der Waals surface area contributed by atoms with Gasteiger partial charge in [-0.25, -0.2) is 4.79 Å². The van der Waals surface area contributed by atoms with E-state index in [1.807, 2.05) is 35.2 Å². The number of halogens is 3. The van der Waals surface area contributed by atoms with Gasteiger partial charge in [-0.3, -0.25) is 0 Å². The molecule has 1 heterocycles. The minimum atomic E-state index is -4.67. The number of hydrogen-bond acceptors (Lipinski definition) is 4. The average Bonchev–Trinajstić information content (AvgIpc) is 2.95. The fourth-order valence-electron chi connectivity index (χ4n) is 5.41. The maximum absolute atomic E-state index is 13.6. The molecule has 1 unspecified atom stereocenters. The number of alkyl halides is 3. The van der Waals surface area contributed by atoms with Crippen molar-refractivity contribution in [2.75, 3.05) is 18.6 Å². The molecule has 5 rings (SSSR count). The molecule has 0 bridgehead atoms. The van der Waals surface area contributed by atoms with Crippen molar-refractivity contribution < 1.29 is 27.4 Å². The van der Waals surface area contributed by atoms with Gasteiger partial charge in [-0.1, -0.05) is 61.5 Å². The van der Waals surface area contributed by atoms with Gasteiger partial charge in [0, 0.05) is 5.69 Å². The van der Waals surface area contributed by atoms with Gasteiger partial charge in [-0.15, -0.1) is 0 Å². The number of methoxy groups -OCH3 is 1. The van der Waals surface area contributed by atoms with Gasteiger partial charge in [0.25, 0.3) is 0 Å². The Labute approximate surface area is 226 Å². The van der Waals surface area contributed by atoms with E-state index in [2.05, 4.69) is 48.1 Å². The van der Waals surface area contributed by atoms with Crippen molar-refractivity contribution in [2.24, 2.45) is 0 Å². The van der Waals surface area contributed by atoms with E-state index in [-0.39, 0.29) is 6.10 Å². The minimum absolute atomic E-state index is 0.163. The van der Waals surface area contributed by atoms with Crippen LogP contribution in [0, 0.1) is 0 Å². The Hall–Kier alpha value is -4.00. The molecule has 7 heteroatoms. The van der Waals surface area contributed by atoms with E-state index in [0.29, 0.717) is 23.9 Å². The molecule has 2 atom stereocenters. The Morgan fingerprint density at radius 2 is 1.77 bits per heavy atom. The molecule has 1 aliphatic heterocycles. The Kier molecular flexibility index (Phi) is 7.51. The molecule has 0 radical (unpaired) electrons. The Balaban J connectivity index is 1.35. The lowest BCUT2D eigenvalue weighted by atomic mass is 9.90. The van der Waals surface area contributed by atoms with Crippen LogP contribution in [0.3, 0.4) is 0 Å². The first kappa shape index (κ1) is 26.6. The van der Waals surface area contributed by atoms with Gasteiger partial charge in [-0.05, 0) is 71.8 Å². The number of nitrogens with zero attached hydrogens (tertiary/aromatic N) is 1. The standard InChI is InChI=1S/C32H30F3NO3/c1-21(25-14-8-11-22-10-3-4-13-26(22)25)9-7-12-24-20-36(29-15-5-6-16-30(29)39-24)23-17-18-28(32(33,34)35)27(19-23)31(37)38-2/h3-6,8,10-11,13-19,21,24H,7,9,12,20H2,1-2H3/t21-,24?/m0/s1. The maximum Gasteiger partial charge on any atom is 0.417 e. The normalized spacial score (nSPS) is 15.9. The van der Waals surface area contributed by atoms with Crippen LogP contribution in [0.25, 0.3) is 10.8 Å². The summed E-state index contributed by atoms with van der Waals surface area (Å²) < 4.78 is 51.7. The molecular formula is C32H30F3NO3. The molecule has 0 saturated heterocycles. The quantitative estimate of drug-likeness (QED) is 0.223. The minimum Gasteiger partial charge on any atom is -0.486 e. The van der Waals surface area contributed by atoms with Crippen LogP contribution in [0.1, 0.15) is 53.6 Å². The molecule has 4 aromatic rings. The second-order valence-corrected chi connectivity index (χ2v) is 9.94. The van der Waals surface area contributed by atoms with Crippen molar-refractivity contribution in [3.63, 3.8) is 0 Å². The maximum atomic E-state index is 13.6. The highest BCUT2D eigenvalue weighted by Crippen LogP contribution is 2.41. The number of fused-ring (bicyclic) bond motifs is 2. The van der Waals surface area contributed by atoms with Gasteiger partial charge in [0.2, 0.25) is 0 Å². The predicted octanol–water partition coefficient (Wildman–Crippen LogP) is 8.52. The van der Waals surface area contributed by atoms with E-state index in [4.69, 9.17) is 4.74 Å². The van der Waals surface area contributed by atoms with Crippen molar-refractivity contribution in [1.29, 1.82) is 0 Å². The van der Waals surface area contributed by atoms with E-state index in [9.17, 15) is 18.0 Å². The second-order valence-electron chi connectivity index (χ2n) is 9.94. The van der Waals surface area contributed by atoms with E-state index >= 15 is 0 Å². The zero-order valence-electron chi connectivity index (χ0n) is 21.9. The number of carbonyl (C=O) groups is 1. The molecule has 0 spiro atoms. The number of anilines is 2. The molecule has 0 aromatic heterocycles. The first-order valence-corrected chi connectivity index (χ1v) is 13.1. The second kappa shape index (κ2) is 11.0. The number of benzene rings is 4. The van der Waals surface area contributed by atoms with Crippen LogP contribution in [0.15, 0.2) is 84.9 Å². The molecule has 1 aliphatic rings. The lowest BCUT2D eigenvalue weighted by molar-refractivity contribution is -0.138. The number of esters is 1. The molecule has 202 valence electrons. The molecule has 0 fully saturated rings. The summed E-state index contributed by atoms with van der Waals surface area (Å²) in [6.45, 7) is 2.69. The van der Waals surface area contributed by atoms with Crippen LogP contribution in [-0.2, 0) is 10.9 Å². The fraction of sp³-hybridized carbons (Fsp3) is 0.281. The average molecular weight is 534 g/mol. The monoisotopic (exact) mass is 533 g/mol. The van der Waals surface area contributed by atoms with Gasteiger partial charge in [-0.2, -0.15) is 13.2 Å². The van der Waals surface area contributed by atoms with Crippen molar-refractivity contribution in [2.45, 2.75) is 44.4 Å². The molecule has 0 aliphatic carbocycles. The van der Waals surface area contributed by atoms with Gasteiger partial charge >= 0.3 is 12.1 Å². The van der Waals surface area contributed by atoms with Crippen molar-refractivity contribution in [3.8, 4) is 5.75 Å². The van der Waals surface area contributed by atoms with Gasteiger partial charge in [0.05, 0.1) is 30.5 Å². The Morgan fingerprint density at radius 3 is 2.56 bits per heavy atom. The van der Waals surface area contributed by atoms with Crippen LogP contribution in [0.2, 0.25) is 0 Å². The molecular weight excluding hydrogens is 503 g/mol. The van der Waals surface area contributed by atoms with E-state index < -0.39 is 23.3 Å². The molecule has 4 nitrogen and oxygen atoms in total. The third kappa shape index (κ3) is 5.58. The number of ether oxygens (including phenoxy) is 2. The zero-order chi connectivity index (χ0) is 27.6. The fourth-order valence-corrected chi connectivity index (χ4v) is 5.41. The third-order valence-corrected chi connectivity index (χ3v) is 7.38. The number of rotatable bonds is 7. The summed E-state index contributed by atoms with van der Waals surface area (Å²) in [6, 6.07) is 25.9. The Morgan fingerprint density at radius 1 is 1.03 bits per heavy atom. The van der Waals surface area contributed by atoms with Crippen LogP contribution >= 0.6 is 0 Å². The third-order valence-electron chi connectivity index (χ3n) is 7.38. The Bertz CT molecular complexity index is 1480. The SMILES string of the molecule is COC(=O)c1cc(N2CC(CCC[C@H](C)c3cccc4ccccc34)Oc3ccccc32)ccc1C(F)(F)F. The summed E-state index contributed by atoms with van der Waals surface area (Å²) in [7, 11) is 1.08. The number of hydrogen-bond donors (Lipinski definition) is 0. The van der Waals surface area contributed by atoms with Crippen LogP contribution in [-0.4, -0.2) is 25.7 Å². The predicted molar refractivity (Wildman–Crippen MR) is 147 cm³/mol. The highest BCUT2D eigenvalue weighted by Gasteiger charge is 2.36.